The molecule has 1 heterocycles. The fourth-order valence-corrected chi connectivity index (χ4v) is 8.91. The van der Waals surface area contributed by atoms with Crippen molar-refractivity contribution in [2.24, 2.45) is 0 Å². The molecule has 0 aromatic heterocycles. The fraction of sp³-hybridized carbons (Fsp3) is 0.240. The zero-order valence-electron chi connectivity index (χ0n) is 18.4. The Kier molecular flexibility index (Phi) is 8.17. The maximum Gasteiger partial charge on any atom is 0.170 e. The van der Waals surface area contributed by atoms with Crippen LogP contribution in [0.15, 0.2) is 91.0 Å². The third-order valence-electron chi connectivity index (χ3n) is 5.55. The van der Waals surface area contributed by atoms with E-state index in [1.807, 2.05) is 41.7 Å². The Hall–Kier alpha value is -1.95. The number of benzene rings is 3. The Labute approximate surface area is 202 Å². The van der Waals surface area contributed by atoms with Crippen LogP contribution in [0.25, 0.3) is 0 Å². The summed E-state index contributed by atoms with van der Waals surface area (Å²) >= 11 is 7.46. The number of nitrogens with zero attached hydrogens (tertiary/aromatic N) is 2. The molecule has 2 atom stereocenters. The van der Waals surface area contributed by atoms with Gasteiger partial charge < -0.3 is 10.6 Å². The van der Waals surface area contributed by atoms with E-state index >= 15 is 0 Å². The van der Waals surface area contributed by atoms with E-state index in [9.17, 15) is 0 Å². The molecule has 166 valence electrons. The van der Waals surface area contributed by atoms with Crippen molar-refractivity contribution in [3.05, 3.63) is 102 Å². The number of hydrogen-bond acceptors (Lipinski definition) is 4. The standard InChI is InChI=1S/C25H29N4PS2/c1-28-23(20-12-6-3-7-13-20)24(21-14-8-4-9-15-21)29(2)30(28)32-19-18-26-25(31)27-22-16-10-5-11-17-22/h3-17,23-24H,18-19H2,1-2H3,(H2,26,27,31)/t23-,24-/m1/s1. The zero-order chi connectivity index (χ0) is 22.3. The fourth-order valence-electron chi connectivity index (χ4n) is 4.11. The van der Waals surface area contributed by atoms with Crippen LogP contribution >= 0.6 is 31.0 Å². The highest BCUT2D eigenvalue weighted by atomic mass is 32.7. The summed E-state index contributed by atoms with van der Waals surface area (Å²) in [6.07, 6.45) is 0. The average molecular weight is 481 g/mol. The SMILES string of the molecule is CN1[C@H](c2ccccc2)[C@@H](c2ccccc2)N(C)P1SCCNC(=S)Nc1ccccc1. The molecule has 32 heavy (non-hydrogen) atoms. The van der Waals surface area contributed by atoms with Gasteiger partial charge in [0, 0.05) is 18.0 Å². The molecule has 1 aliphatic heterocycles. The van der Waals surface area contributed by atoms with Crippen molar-refractivity contribution >= 4 is 41.8 Å². The first kappa shape index (κ1) is 23.2. The van der Waals surface area contributed by atoms with Gasteiger partial charge in [-0.3, -0.25) is 9.34 Å². The summed E-state index contributed by atoms with van der Waals surface area (Å²) in [4.78, 5) is 0. The summed E-state index contributed by atoms with van der Waals surface area (Å²) in [5, 5.41) is 7.25. The van der Waals surface area contributed by atoms with Crippen LogP contribution in [-0.2, 0) is 0 Å². The van der Waals surface area contributed by atoms with E-state index in [0.29, 0.717) is 17.2 Å². The second kappa shape index (κ2) is 11.3. The summed E-state index contributed by atoms with van der Waals surface area (Å²) in [5.74, 6) is 0.986. The molecule has 1 aliphatic rings. The zero-order valence-corrected chi connectivity index (χ0v) is 20.9. The largest absolute Gasteiger partial charge is 0.362 e. The molecule has 1 saturated heterocycles. The average Bonchev–Trinajstić information content (AvgIpc) is 3.08. The summed E-state index contributed by atoms with van der Waals surface area (Å²) in [6.45, 7) is 0.829. The monoisotopic (exact) mass is 480 g/mol. The van der Waals surface area contributed by atoms with Gasteiger partial charge in [-0.05, 0) is 49.6 Å². The number of para-hydroxylation sites is 1. The predicted octanol–water partition coefficient (Wildman–Crippen LogP) is 6.29. The highest BCUT2D eigenvalue weighted by Crippen LogP contribution is 2.68. The minimum absolute atomic E-state index is 0.330. The lowest BCUT2D eigenvalue weighted by Crippen LogP contribution is -2.30. The van der Waals surface area contributed by atoms with Crippen molar-refractivity contribution < 1.29 is 0 Å². The van der Waals surface area contributed by atoms with Gasteiger partial charge in [0.15, 0.2) is 5.11 Å². The molecule has 1 fully saturated rings. The number of thiocarbonyl (C=S) groups is 1. The van der Waals surface area contributed by atoms with E-state index in [-0.39, 0.29) is 0 Å². The smallest absolute Gasteiger partial charge is 0.170 e. The van der Waals surface area contributed by atoms with Gasteiger partial charge >= 0.3 is 0 Å². The van der Waals surface area contributed by atoms with E-state index in [2.05, 4.69) is 94.7 Å². The highest BCUT2D eigenvalue weighted by molar-refractivity contribution is 8.54. The normalized spacial score (nSPS) is 19.7. The Morgan fingerprint density at radius 3 is 1.78 bits per heavy atom. The first-order valence-electron chi connectivity index (χ1n) is 10.7. The molecule has 0 bridgehead atoms. The molecular formula is C25H29N4PS2. The topological polar surface area (TPSA) is 30.5 Å². The van der Waals surface area contributed by atoms with E-state index < -0.39 is 7.42 Å². The summed E-state index contributed by atoms with van der Waals surface area (Å²) in [6, 6.07) is 32.5. The van der Waals surface area contributed by atoms with Crippen molar-refractivity contribution in [3.8, 4) is 0 Å². The molecule has 3 aromatic rings. The Bertz CT molecular complexity index is 939. The van der Waals surface area contributed by atoms with Crippen LogP contribution < -0.4 is 10.6 Å². The molecule has 0 unspecified atom stereocenters. The molecule has 0 aliphatic carbocycles. The van der Waals surface area contributed by atoms with Gasteiger partial charge in [0.25, 0.3) is 0 Å². The molecule has 3 aromatic carbocycles. The van der Waals surface area contributed by atoms with Crippen LogP contribution in [0.2, 0.25) is 0 Å². The third kappa shape index (κ3) is 5.51. The lowest BCUT2D eigenvalue weighted by Gasteiger charge is -2.26. The minimum atomic E-state index is -0.493. The van der Waals surface area contributed by atoms with Crippen LogP contribution in [0.5, 0.6) is 0 Å². The molecule has 0 radical (unpaired) electrons. The first-order chi connectivity index (χ1) is 15.6. The van der Waals surface area contributed by atoms with Gasteiger partial charge in [-0.2, -0.15) is 0 Å². The first-order valence-corrected chi connectivity index (χ1v) is 14.0. The molecule has 4 nitrogen and oxygen atoms in total. The minimum Gasteiger partial charge on any atom is -0.362 e. The molecule has 4 rings (SSSR count). The molecule has 7 heteroatoms. The number of anilines is 1. The van der Waals surface area contributed by atoms with Crippen LogP contribution in [0, 0.1) is 0 Å². The molecule has 0 amide bonds. The van der Waals surface area contributed by atoms with Gasteiger partial charge in [-0.15, -0.1) is 11.4 Å². The van der Waals surface area contributed by atoms with Crippen LogP contribution in [-0.4, -0.2) is 40.8 Å². The maximum absolute atomic E-state index is 5.45. The van der Waals surface area contributed by atoms with E-state index in [0.717, 1.165) is 18.0 Å². The molecule has 0 saturated carbocycles. The second-order valence-electron chi connectivity index (χ2n) is 7.69. The summed E-state index contributed by atoms with van der Waals surface area (Å²) < 4.78 is 5.13. The quantitative estimate of drug-likeness (QED) is 0.235. The number of likely N-dealkylation sites (N-methyl/N-ethyl adjacent to an activating group) is 2. The third-order valence-corrected chi connectivity index (χ3v) is 10.8. The van der Waals surface area contributed by atoms with Crippen molar-refractivity contribution in [3.63, 3.8) is 0 Å². The van der Waals surface area contributed by atoms with Gasteiger partial charge in [-0.25, -0.2) is 0 Å². The van der Waals surface area contributed by atoms with Gasteiger partial charge in [0.1, 0.15) is 7.42 Å². The van der Waals surface area contributed by atoms with Crippen molar-refractivity contribution in [2.75, 3.05) is 31.7 Å². The number of hydrogen-bond donors (Lipinski definition) is 2. The summed E-state index contributed by atoms with van der Waals surface area (Å²) in [5.41, 5.74) is 3.74. The van der Waals surface area contributed by atoms with Crippen LogP contribution in [0.4, 0.5) is 5.69 Å². The van der Waals surface area contributed by atoms with Crippen molar-refractivity contribution in [1.82, 2.24) is 14.7 Å². The lowest BCUT2D eigenvalue weighted by atomic mass is 9.93. The van der Waals surface area contributed by atoms with Crippen LogP contribution in [0.1, 0.15) is 23.2 Å². The Morgan fingerprint density at radius 1 is 0.812 bits per heavy atom. The van der Waals surface area contributed by atoms with Gasteiger partial charge in [0.05, 0.1) is 12.1 Å². The predicted molar refractivity (Wildman–Crippen MR) is 144 cm³/mol. The molecular weight excluding hydrogens is 451 g/mol. The second-order valence-corrected chi connectivity index (χ2v) is 12.3. The highest BCUT2D eigenvalue weighted by Gasteiger charge is 2.45. The Morgan fingerprint density at radius 2 is 1.28 bits per heavy atom. The maximum atomic E-state index is 5.45. The van der Waals surface area contributed by atoms with Gasteiger partial charge in [0.2, 0.25) is 0 Å². The number of rotatable bonds is 7. The van der Waals surface area contributed by atoms with E-state index in [4.69, 9.17) is 12.2 Å². The van der Waals surface area contributed by atoms with Crippen LogP contribution in [0.3, 0.4) is 0 Å². The number of nitrogens with one attached hydrogen (secondary N) is 2. The lowest BCUT2D eigenvalue weighted by molar-refractivity contribution is 0.316. The Balaban J connectivity index is 1.39. The van der Waals surface area contributed by atoms with E-state index in [1.54, 1.807) is 0 Å². The molecule has 0 spiro atoms. The summed E-state index contributed by atoms with van der Waals surface area (Å²) in [7, 11) is 4.04. The van der Waals surface area contributed by atoms with E-state index in [1.165, 1.54) is 11.1 Å². The van der Waals surface area contributed by atoms with Gasteiger partial charge in [-0.1, -0.05) is 78.9 Å². The van der Waals surface area contributed by atoms with Crippen molar-refractivity contribution in [1.29, 1.82) is 0 Å². The molecule has 2 N–H and O–H groups in total. The van der Waals surface area contributed by atoms with Crippen molar-refractivity contribution in [2.45, 2.75) is 12.1 Å².